The van der Waals surface area contributed by atoms with Gasteiger partial charge in [-0.05, 0) is 6.42 Å². The first kappa shape index (κ1) is 16.4. The molecule has 0 aromatic heterocycles. The van der Waals surface area contributed by atoms with Gasteiger partial charge in [-0.2, -0.15) is 0 Å². The summed E-state index contributed by atoms with van der Waals surface area (Å²) in [5.74, 6) is 0.663. The summed E-state index contributed by atoms with van der Waals surface area (Å²) in [6.07, 6.45) is 6.81. The van der Waals surface area contributed by atoms with Crippen LogP contribution in [-0.2, 0) is 9.63 Å². The van der Waals surface area contributed by atoms with Crippen molar-refractivity contribution in [2.45, 2.75) is 45.4 Å². The Kier molecular flexibility index (Phi) is 11.4. The first-order chi connectivity index (χ1) is 8.24. The monoisotopic (exact) mass is 262 g/mol. The van der Waals surface area contributed by atoms with Crippen LogP contribution in [0.3, 0.4) is 0 Å². The van der Waals surface area contributed by atoms with Crippen LogP contribution in [0.25, 0.3) is 0 Å². The fourth-order valence-corrected chi connectivity index (χ4v) is 1.49. The SMILES string of the molecule is CCCCCCCC(=NCC(=O)CCl)NOC. The minimum absolute atomic E-state index is 0.0141. The lowest BCUT2D eigenvalue weighted by molar-refractivity contribution is -0.115. The van der Waals surface area contributed by atoms with Gasteiger partial charge >= 0.3 is 0 Å². The molecule has 0 fully saturated rings. The van der Waals surface area contributed by atoms with E-state index in [2.05, 4.69) is 17.4 Å². The van der Waals surface area contributed by atoms with Crippen molar-refractivity contribution in [2.24, 2.45) is 4.99 Å². The number of ketones is 1. The number of carbonyl (C=O) groups excluding carboxylic acids is 1. The van der Waals surface area contributed by atoms with E-state index >= 15 is 0 Å². The number of Topliss-reactive ketones (excluding diaryl/α,β-unsaturated/α-hetero) is 1. The van der Waals surface area contributed by atoms with E-state index in [1.165, 1.54) is 32.8 Å². The number of rotatable bonds is 10. The summed E-state index contributed by atoms with van der Waals surface area (Å²) in [7, 11) is 1.54. The highest BCUT2D eigenvalue weighted by molar-refractivity contribution is 6.28. The molecule has 0 bridgehead atoms. The average molecular weight is 263 g/mol. The maximum Gasteiger partial charge on any atom is 0.168 e. The van der Waals surface area contributed by atoms with Gasteiger partial charge in [0.05, 0.1) is 13.0 Å². The molecule has 0 aliphatic carbocycles. The number of nitrogens with one attached hydrogen (secondary N) is 1. The molecule has 17 heavy (non-hydrogen) atoms. The van der Waals surface area contributed by atoms with E-state index in [4.69, 9.17) is 16.4 Å². The third kappa shape index (κ3) is 10.3. The molecule has 0 spiro atoms. The van der Waals surface area contributed by atoms with Crippen molar-refractivity contribution < 1.29 is 9.63 Å². The fraction of sp³-hybridized carbons (Fsp3) is 0.833. The van der Waals surface area contributed by atoms with Crippen LogP contribution in [0.4, 0.5) is 0 Å². The van der Waals surface area contributed by atoms with Gasteiger partial charge < -0.3 is 0 Å². The number of hydrogen-bond donors (Lipinski definition) is 1. The van der Waals surface area contributed by atoms with Crippen LogP contribution in [0.1, 0.15) is 45.4 Å². The lowest BCUT2D eigenvalue weighted by Crippen LogP contribution is -2.23. The predicted molar refractivity (Wildman–Crippen MR) is 71.5 cm³/mol. The van der Waals surface area contributed by atoms with Crippen LogP contribution < -0.4 is 5.48 Å². The van der Waals surface area contributed by atoms with Gasteiger partial charge in [0.2, 0.25) is 0 Å². The molecule has 5 heteroatoms. The molecule has 0 saturated carbocycles. The topological polar surface area (TPSA) is 50.7 Å². The number of unbranched alkanes of at least 4 members (excludes halogenated alkanes) is 4. The van der Waals surface area contributed by atoms with Crippen molar-refractivity contribution in [2.75, 3.05) is 19.5 Å². The Labute approximate surface area is 109 Å². The number of aliphatic imine (C=N–C) groups is 1. The van der Waals surface area contributed by atoms with E-state index in [1.54, 1.807) is 0 Å². The maximum absolute atomic E-state index is 11.0. The Hall–Kier alpha value is -0.610. The summed E-state index contributed by atoms with van der Waals surface area (Å²) >= 11 is 5.40. The molecule has 4 nitrogen and oxygen atoms in total. The lowest BCUT2D eigenvalue weighted by atomic mass is 10.1. The van der Waals surface area contributed by atoms with E-state index in [-0.39, 0.29) is 18.2 Å². The number of hydrogen-bond acceptors (Lipinski definition) is 3. The molecule has 0 amide bonds. The standard InChI is InChI=1S/C12H23ClN2O2/c1-3-4-5-6-7-8-12(15-17-2)14-10-11(16)9-13/h3-10H2,1-2H3,(H,14,15). The second-order valence-electron chi connectivity index (χ2n) is 3.91. The molecule has 0 saturated heterocycles. The van der Waals surface area contributed by atoms with Crippen LogP contribution in [0.15, 0.2) is 4.99 Å². The molecule has 0 aromatic carbocycles. The van der Waals surface area contributed by atoms with Crippen molar-refractivity contribution in [1.82, 2.24) is 5.48 Å². The molecule has 0 atom stereocenters. The highest BCUT2D eigenvalue weighted by atomic mass is 35.5. The minimum Gasteiger partial charge on any atom is -0.296 e. The van der Waals surface area contributed by atoms with Gasteiger partial charge in [-0.1, -0.05) is 32.6 Å². The Balaban J connectivity index is 3.84. The quantitative estimate of drug-likeness (QED) is 0.217. The molecular formula is C12H23ClN2O2. The van der Waals surface area contributed by atoms with Crippen LogP contribution in [-0.4, -0.2) is 31.2 Å². The molecular weight excluding hydrogens is 240 g/mol. The second-order valence-corrected chi connectivity index (χ2v) is 4.17. The van der Waals surface area contributed by atoms with Crippen molar-refractivity contribution >= 4 is 23.2 Å². The summed E-state index contributed by atoms with van der Waals surface area (Å²) in [4.78, 5) is 20.0. The van der Waals surface area contributed by atoms with Crippen molar-refractivity contribution in [3.05, 3.63) is 0 Å². The lowest BCUT2D eigenvalue weighted by Gasteiger charge is -2.07. The van der Waals surface area contributed by atoms with Crippen molar-refractivity contribution in [3.8, 4) is 0 Å². The zero-order valence-electron chi connectivity index (χ0n) is 10.8. The summed E-state index contributed by atoms with van der Waals surface area (Å²) in [6.45, 7) is 2.32. The van der Waals surface area contributed by atoms with E-state index in [0.29, 0.717) is 0 Å². The maximum atomic E-state index is 11.0. The number of hydroxylamine groups is 1. The van der Waals surface area contributed by atoms with E-state index < -0.39 is 0 Å². The summed E-state index contributed by atoms with van der Waals surface area (Å²) in [5.41, 5.74) is 2.71. The molecule has 0 aliphatic rings. The normalized spacial score (nSPS) is 11.6. The Morgan fingerprint density at radius 1 is 1.29 bits per heavy atom. The third-order valence-electron chi connectivity index (χ3n) is 2.33. The van der Waals surface area contributed by atoms with Crippen molar-refractivity contribution in [3.63, 3.8) is 0 Å². The smallest absolute Gasteiger partial charge is 0.168 e. The largest absolute Gasteiger partial charge is 0.296 e. The number of carbonyl (C=O) groups is 1. The van der Waals surface area contributed by atoms with Gasteiger partial charge in [-0.3, -0.25) is 20.1 Å². The zero-order valence-corrected chi connectivity index (χ0v) is 11.6. The second kappa shape index (κ2) is 11.9. The molecule has 0 aromatic rings. The first-order valence-corrected chi connectivity index (χ1v) is 6.68. The van der Waals surface area contributed by atoms with Crippen LogP contribution in [0.5, 0.6) is 0 Å². The summed E-state index contributed by atoms with van der Waals surface area (Å²) in [6, 6.07) is 0. The molecule has 0 unspecified atom stereocenters. The number of nitrogens with zero attached hydrogens (tertiary/aromatic N) is 1. The summed E-state index contributed by atoms with van der Waals surface area (Å²) in [5, 5.41) is 0. The number of alkyl halides is 1. The van der Waals surface area contributed by atoms with Gasteiger partial charge in [0.1, 0.15) is 12.4 Å². The minimum atomic E-state index is -0.0759. The molecule has 100 valence electrons. The Morgan fingerprint density at radius 2 is 2.00 bits per heavy atom. The first-order valence-electron chi connectivity index (χ1n) is 6.14. The Bertz CT molecular complexity index is 233. The van der Waals surface area contributed by atoms with E-state index in [0.717, 1.165) is 18.7 Å². The number of amidine groups is 1. The van der Waals surface area contributed by atoms with Crippen LogP contribution in [0.2, 0.25) is 0 Å². The van der Waals surface area contributed by atoms with E-state index in [9.17, 15) is 4.79 Å². The average Bonchev–Trinajstić information content (AvgIpc) is 2.35. The van der Waals surface area contributed by atoms with Gasteiger partial charge in [0, 0.05) is 6.42 Å². The Morgan fingerprint density at radius 3 is 2.59 bits per heavy atom. The van der Waals surface area contributed by atoms with Gasteiger partial charge in [-0.25, -0.2) is 0 Å². The molecule has 0 heterocycles. The van der Waals surface area contributed by atoms with Gasteiger partial charge in [0.25, 0.3) is 0 Å². The predicted octanol–water partition coefficient (Wildman–Crippen LogP) is 2.70. The molecule has 1 N–H and O–H groups in total. The highest BCUT2D eigenvalue weighted by Gasteiger charge is 2.01. The molecule has 0 aliphatic heterocycles. The van der Waals surface area contributed by atoms with E-state index in [1.807, 2.05) is 0 Å². The third-order valence-corrected chi connectivity index (χ3v) is 2.63. The van der Waals surface area contributed by atoms with Crippen LogP contribution in [0, 0.1) is 0 Å². The van der Waals surface area contributed by atoms with Gasteiger partial charge in [0.15, 0.2) is 5.78 Å². The molecule has 0 rings (SSSR count). The zero-order chi connectivity index (χ0) is 12.9. The fourth-order valence-electron chi connectivity index (χ4n) is 1.40. The van der Waals surface area contributed by atoms with Crippen molar-refractivity contribution in [1.29, 1.82) is 0 Å². The summed E-state index contributed by atoms with van der Waals surface area (Å²) < 4.78 is 0. The number of halogens is 1. The van der Waals surface area contributed by atoms with Crippen LogP contribution >= 0.6 is 11.6 Å². The molecule has 0 radical (unpaired) electrons. The van der Waals surface area contributed by atoms with Gasteiger partial charge in [-0.15, -0.1) is 11.6 Å². The highest BCUT2D eigenvalue weighted by Crippen LogP contribution is 2.05.